The fraction of sp³-hybridized carbons (Fsp3) is 0.311. The molecule has 7 rings (SSSR count). The van der Waals surface area contributed by atoms with E-state index in [-0.39, 0.29) is 35.4 Å². The van der Waals surface area contributed by atoms with Crippen LogP contribution in [0.4, 0.5) is 5.69 Å². The quantitative estimate of drug-likeness (QED) is 0.0587. The van der Waals surface area contributed by atoms with E-state index < -0.39 is 0 Å². The molecule has 3 aromatic carbocycles. The van der Waals surface area contributed by atoms with Gasteiger partial charge in [-0.2, -0.15) is 5.10 Å². The Hall–Kier alpha value is -6.27. The Labute approximate surface area is 333 Å². The second-order valence-corrected chi connectivity index (χ2v) is 15.5. The third kappa shape index (κ3) is 9.41. The number of piperidine rings is 2. The van der Waals surface area contributed by atoms with Gasteiger partial charge in [0.2, 0.25) is 11.8 Å². The van der Waals surface area contributed by atoms with E-state index in [9.17, 15) is 14.4 Å². The number of nitrogens with zero attached hydrogens (tertiary/aromatic N) is 4. The highest BCUT2D eigenvalue weighted by Crippen LogP contribution is 2.32. The molecule has 3 amide bonds. The molecule has 0 saturated carbocycles. The minimum atomic E-state index is -0.376. The van der Waals surface area contributed by atoms with Crippen LogP contribution in [0.15, 0.2) is 109 Å². The predicted octanol–water partition coefficient (Wildman–Crippen LogP) is 5.93. The molecule has 5 aromatic rings. The van der Waals surface area contributed by atoms with Crippen LogP contribution < -0.4 is 27.4 Å². The SMILES string of the molecule is Cc1cc(-c2ncnn3cc(-c4ccc(CN5CCC(c6ccc(NC7CCC(=O)NC7=O)cc6)CC5)cc4)cc23)ccc1CNC(=O)/C(N)=C/C=C(\N)C(C)C. The molecule has 0 aliphatic carbocycles. The van der Waals surface area contributed by atoms with Crippen molar-refractivity contribution in [2.24, 2.45) is 17.4 Å². The standard InChI is InChI=1S/C45H51N9O3/c1-28(2)38(46)14-15-39(47)44(56)48-24-35-9-8-34(22-29(35)3)43-41-23-36(26-54(41)50-27-49-43)32-6-4-30(5-7-32)25-53-20-18-33(19-21-53)31-10-12-37(13-11-31)51-40-16-17-42(55)52-45(40)57/h4-15,22-23,26-28,33,40,51H,16-21,24-25,46-47H2,1-3H3,(H,48,56)(H,52,55,57)/b38-14-,39-15-. The maximum Gasteiger partial charge on any atom is 0.267 e. The van der Waals surface area contributed by atoms with Crippen LogP contribution in [0, 0.1) is 12.8 Å². The molecule has 1 unspecified atom stereocenters. The lowest BCUT2D eigenvalue weighted by Gasteiger charge is -2.32. The Morgan fingerprint density at radius 3 is 2.37 bits per heavy atom. The molecule has 294 valence electrons. The molecule has 12 heteroatoms. The third-order valence-corrected chi connectivity index (χ3v) is 11.1. The predicted molar refractivity (Wildman–Crippen MR) is 223 cm³/mol. The summed E-state index contributed by atoms with van der Waals surface area (Å²) in [5.41, 5.74) is 23.1. The summed E-state index contributed by atoms with van der Waals surface area (Å²) in [7, 11) is 0. The molecular weight excluding hydrogens is 715 g/mol. The lowest BCUT2D eigenvalue weighted by molar-refractivity contribution is -0.133. The number of hydrogen-bond donors (Lipinski definition) is 5. The number of likely N-dealkylation sites (tertiary alicyclic amines) is 1. The number of imide groups is 1. The van der Waals surface area contributed by atoms with Crippen molar-refractivity contribution in [1.82, 2.24) is 30.1 Å². The summed E-state index contributed by atoms with van der Waals surface area (Å²) in [6.45, 7) is 9.29. The summed E-state index contributed by atoms with van der Waals surface area (Å²) in [5, 5.41) is 13.1. The van der Waals surface area contributed by atoms with E-state index in [0.717, 1.165) is 77.2 Å². The highest BCUT2D eigenvalue weighted by molar-refractivity contribution is 6.01. The van der Waals surface area contributed by atoms with Gasteiger partial charge in [-0.25, -0.2) is 9.50 Å². The average molecular weight is 766 g/mol. The molecule has 2 aromatic heterocycles. The van der Waals surface area contributed by atoms with Crippen LogP contribution in [-0.2, 0) is 27.5 Å². The molecule has 4 heterocycles. The van der Waals surface area contributed by atoms with Crippen molar-refractivity contribution < 1.29 is 14.4 Å². The van der Waals surface area contributed by atoms with Crippen molar-refractivity contribution in [2.75, 3.05) is 18.4 Å². The molecule has 7 N–H and O–H groups in total. The van der Waals surface area contributed by atoms with Crippen molar-refractivity contribution >= 4 is 28.9 Å². The van der Waals surface area contributed by atoms with Crippen LogP contribution in [0.2, 0.25) is 0 Å². The number of carbonyl (C=O) groups is 3. The molecule has 0 bridgehead atoms. The molecule has 57 heavy (non-hydrogen) atoms. The number of nitrogens with one attached hydrogen (secondary N) is 3. The topological polar surface area (TPSA) is 173 Å². The first-order valence-corrected chi connectivity index (χ1v) is 19.7. The van der Waals surface area contributed by atoms with E-state index in [2.05, 4.69) is 79.5 Å². The van der Waals surface area contributed by atoms with Crippen molar-refractivity contribution in [2.45, 2.75) is 71.5 Å². The third-order valence-electron chi connectivity index (χ3n) is 11.1. The molecule has 0 radical (unpaired) electrons. The minimum Gasteiger partial charge on any atom is -0.402 e. The van der Waals surface area contributed by atoms with Gasteiger partial charge in [0.05, 0.1) is 16.9 Å². The number of hydrogen-bond acceptors (Lipinski definition) is 9. The maximum atomic E-state index is 12.6. The minimum absolute atomic E-state index is 0.107. The summed E-state index contributed by atoms with van der Waals surface area (Å²) in [6, 6.07) is 25.1. The number of nitrogens with two attached hydrogens (primary N) is 2. The van der Waals surface area contributed by atoms with Crippen molar-refractivity contribution in [3.8, 4) is 22.4 Å². The van der Waals surface area contributed by atoms with E-state index in [1.807, 2.05) is 55.7 Å². The lowest BCUT2D eigenvalue weighted by Crippen LogP contribution is -2.47. The van der Waals surface area contributed by atoms with Crippen LogP contribution in [-0.4, -0.2) is 56.4 Å². The van der Waals surface area contributed by atoms with Crippen LogP contribution in [0.3, 0.4) is 0 Å². The smallest absolute Gasteiger partial charge is 0.267 e. The first-order chi connectivity index (χ1) is 27.5. The highest BCUT2D eigenvalue weighted by Gasteiger charge is 2.27. The zero-order valence-corrected chi connectivity index (χ0v) is 32.8. The number of anilines is 1. The first-order valence-electron chi connectivity index (χ1n) is 19.7. The molecule has 0 spiro atoms. The number of rotatable bonds is 12. The lowest BCUT2D eigenvalue weighted by atomic mass is 9.89. The van der Waals surface area contributed by atoms with Gasteiger partial charge in [0, 0.05) is 48.2 Å². The van der Waals surface area contributed by atoms with E-state index in [0.29, 0.717) is 31.0 Å². The molecule has 1 atom stereocenters. The van der Waals surface area contributed by atoms with Gasteiger partial charge in [0.15, 0.2) is 0 Å². The van der Waals surface area contributed by atoms with Gasteiger partial charge < -0.3 is 22.1 Å². The summed E-state index contributed by atoms with van der Waals surface area (Å²) >= 11 is 0. The molecule has 2 aliphatic rings. The Bertz CT molecular complexity index is 2320. The zero-order valence-electron chi connectivity index (χ0n) is 32.8. The summed E-state index contributed by atoms with van der Waals surface area (Å²) in [5.74, 6) is -0.130. The normalized spacial score (nSPS) is 17.2. The summed E-state index contributed by atoms with van der Waals surface area (Å²) < 4.78 is 1.87. The molecular formula is C45H51N9O3. The fourth-order valence-electron chi connectivity index (χ4n) is 7.45. The van der Waals surface area contributed by atoms with Gasteiger partial charge in [-0.3, -0.25) is 24.6 Å². The van der Waals surface area contributed by atoms with Crippen LogP contribution in [0.25, 0.3) is 27.9 Å². The average Bonchev–Trinajstić information content (AvgIpc) is 3.66. The molecule has 12 nitrogen and oxygen atoms in total. The zero-order chi connectivity index (χ0) is 40.1. The van der Waals surface area contributed by atoms with Crippen molar-refractivity contribution in [3.05, 3.63) is 131 Å². The van der Waals surface area contributed by atoms with Crippen molar-refractivity contribution in [3.63, 3.8) is 0 Å². The van der Waals surface area contributed by atoms with Gasteiger partial charge in [-0.05, 0) is 115 Å². The number of benzene rings is 3. The largest absolute Gasteiger partial charge is 0.402 e. The van der Waals surface area contributed by atoms with Crippen LogP contribution in [0.5, 0.6) is 0 Å². The summed E-state index contributed by atoms with van der Waals surface area (Å²) in [6.07, 6.45) is 9.90. The van der Waals surface area contributed by atoms with Gasteiger partial charge in [0.25, 0.3) is 5.91 Å². The molecule has 2 aliphatic heterocycles. The number of fused-ring (bicyclic) bond motifs is 1. The van der Waals surface area contributed by atoms with Crippen LogP contribution >= 0.6 is 0 Å². The van der Waals surface area contributed by atoms with E-state index in [4.69, 9.17) is 11.5 Å². The van der Waals surface area contributed by atoms with Gasteiger partial charge >= 0.3 is 0 Å². The number of aryl methyl sites for hydroxylation is 1. The number of allylic oxidation sites excluding steroid dienone is 3. The van der Waals surface area contributed by atoms with Crippen molar-refractivity contribution in [1.29, 1.82) is 0 Å². The number of amides is 3. The van der Waals surface area contributed by atoms with Crippen LogP contribution in [0.1, 0.15) is 67.7 Å². The number of carbonyl (C=O) groups excluding carboxylic acids is 3. The van der Waals surface area contributed by atoms with Gasteiger partial charge in [0.1, 0.15) is 12.4 Å². The first kappa shape index (κ1) is 39.0. The Morgan fingerprint density at radius 2 is 1.67 bits per heavy atom. The monoisotopic (exact) mass is 765 g/mol. The maximum absolute atomic E-state index is 12.6. The van der Waals surface area contributed by atoms with E-state index >= 15 is 0 Å². The highest BCUT2D eigenvalue weighted by atomic mass is 16.2. The van der Waals surface area contributed by atoms with Gasteiger partial charge in [-0.15, -0.1) is 0 Å². The Morgan fingerprint density at radius 1 is 0.930 bits per heavy atom. The Balaban J connectivity index is 0.932. The Kier molecular flexibility index (Phi) is 11.8. The molecule has 2 fully saturated rings. The summed E-state index contributed by atoms with van der Waals surface area (Å²) in [4.78, 5) is 43.3. The van der Waals surface area contributed by atoms with Gasteiger partial charge in [-0.1, -0.05) is 62.4 Å². The second-order valence-electron chi connectivity index (χ2n) is 15.5. The molecule has 2 saturated heterocycles. The number of aromatic nitrogens is 3. The fourth-order valence-corrected chi connectivity index (χ4v) is 7.45. The van der Waals surface area contributed by atoms with E-state index in [1.54, 1.807) is 18.5 Å². The van der Waals surface area contributed by atoms with E-state index in [1.165, 1.54) is 11.1 Å². The second kappa shape index (κ2) is 17.3.